The molecular weight excluding hydrogens is 412 g/mol. The minimum absolute atomic E-state index is 0.0154. The van der Waals surface area contributed by atoms with E-state index in [2.05, 4.69) is 4.90 Å². The monoisotopic (exact) mass is 436 g/mol. The van der Waals surface area contributed by atoms with Crippen LogP contribution in [0.5, 0.6) is 11.5 Å². The van der Waals surface area contributed by atoms with Crippen molar-refractivity contribution < 1.29 is 14.3 Å². The molecule has 0 spiro atoms. The van der Waals surface area contributed by atoms with E-state index in [1.807, 2.05) is 83.8 Å². The molecule has 0 aromatic heterocycles. The molecule has 160 valence electrons. The third-order valence-electron chi connectivity index (χ3n) is 5.23. The molecule has 0 aliphatic carbocycles. The summed E-state index contributed by atoms with van der Waals surface area (Å²) in [4.78, 5) is 17.2. The first kappa shape index (κ1) is 21.1. The Kier molecular flexibility index (Phi) is 6.95. The summed E-state index contributed by atoms with van der Waals surface area (Å²) in [6.07, 6.45) is 0. The average Bonchev–Trinajstić information content (AvgIpc) is 2.83. The lowest BCUT2D eigenvalue weighted by molar-refractivity contribution is 0.0741. The topological polar surface area (TPSA) is 42.0 Å². The number of para-hydroxylation sites is 3. The normalized spacial score (nSPS) is 13.7. The van der Waals surface area contributed by atoms with Gasteiger partial charge in [0.25, 0.3) is 5.91 Å². The van der Waals surface area contributed by atoms with Crippen LogP contribution in [0.3, 0.4) is 0 Å². The second kappa shape index (κ2) is 10.2. The minimum Gasteiger partial charge on any atom is -0.490 e. The van der Waals surface area contributed by atoms with E-state index in [1.54, 1.807) is 0 Å². The van der Waals surface area contributed by atoms with Gasteiger partial charge in [0.05, 0.1) is 16.3 Å². The van der Waals surface area contributed by atoms with Crippen LogP contribution in [0, 0.1) is 0 Å². The molecular formula is C25H25ClN2O3. The van der Waals surface area contributed by atoms with Gasteiger partial charge in [-0.3, -0.25) is 4.79 Å². The predicted molar refractivity (Wildman–Crippen MR) is 123 cm³/mol. The summed E-state index contributed by atoms with van der Waals surface area (Å²) in [6.45, 7) is 3.51. The van der Waals surface area contributed by atoms with Crippen molar-refractivity contribution >= 4 is 23.2 Å². The first-order valence-corrected chi connectivity index (χ1v) is 10.8. The van der Waals surface area contributed by atoms with Gasteiger partial charge in [-0.15, -0.1) is 0 Å². The van der Waals surface area contributed by atoms with Gasteiger partial charge in [0.2, 0.25) is 0 Å². The number of halogens is 1. The Morgan fingerprint density at radius 2 is 1.42 bits per heavy atom. The Balaban J connectivity index is 1.33. The van der Waals surface area contributed by atoms with E-state index in [1.165, 1.54) is 0 Å². The van der Waals surface area contributed by atoms with E-state index in [0.717, 1.165) is 29.5 Å². The van der Waals surface area contributed by atoms with Crippen LogP contribution in [-0.2, 0) is 0 Å². The Labute approximate surface area is 187 Å². The summed E-state index contributed by atoms with van der Waals surface area (Å²) in [5.74, 6) is 1.36. The Morgan fingerprint density at radius 1 is 0.774 bits per heavy atom. The Hall–Kier alpha value is -3.18. The van der Waals surface area contributed by atoms with E-state index in [-0.39, 0.29) is 5.91 Å². The maximum Gasteiger partial charge on any atom is 0.257 e. The van der Waals surface area contributed by atoms with Gasteiger partial charge in [-0.05, 0) is 36.4 Å². The van der Waals surface area contributed by atoms with Crippen LogP contribution >= 0.6 is 11.6 Å². The van der Waals surface area contributed by atoms with Crippen molar-refractivity contribution in [2.75, 3.05) is 44.3 Å². The number of anilines is 1. The van der Waals surface area contributed by atoms with Crippen LogP contribution in [0.2, 0.25) is 5.02 Å². The molecule has 1 amide bonds. The van der Waals surface area contributed by atoms with Gasteiger partial charge in [-0.1, -0.05) is 54.1 Å². The van der Waals surface area contributed by atoms with E-state index in [4.69, 9.17) is 21.1 Å². The fourth-order valence-corrected chi connectivity index (χ4v) is 3.88. The maximum absolute atomic E-state index is 13.2. The number of carbonyl (C=O) groups is 1. The highest BCUT2D eigenvalue weighted by atomic mass is 35.5. The number of hydrogen-bond acceptors (Lipinski definition) is 4. The summed E-state index contributed by atoms with van der Waals surface area (Å²) < 4.78 is 11.5. The molecule has 0 radical (unpaired) electrons. The number of nitrogens with zero attached hydrogens (tertiary/aromatic N) is 2. The molecule has 4 rings (SSSR count). The van der Waals surface area contributed by atoms with E-state index >= 15 is 0 Å². The second-order valence-electron chi connectivity index (χ2n) is 7.24. The molecule has 0 saturated carbocycles. The zero-order chi connectivity index (χ0) is 21.5. The smallest absolute Gasteiger partial charge is 0.257 e. The van der Waals surface area contributed by atoms with Crippen molar-refractivity contribution in [2.45, 2.75) is 0 Å². The highest BCUT2D eigenvalue weighted by Gasteiger charge is 2.25. The number of ether oxygens (including phenoxy) is 2. The van der Waals surface area contributed by atoms with Crippen LogP contribution in [0.4, 0.5) is 5.69 Å². The van der Waals surface area contributed by atoms with E-state index in [9.17, 15) is 4.79 Å². The van der Waals surface area contributed by atoms with Gasteiger partial charge in [0, 0.05) is 26.2 Å². The molecule has 5 nitrogen and oxygen atoms in total. The van der Waals surface area contributed by atoms with Crippen LogP contribution < -0.4 is 14.4 Å². The standard InChI is InChI=1S/C25H25ClN2O3/c26-22-11-5-6-12-23(22)27-14-16-28(17-15-27)25(29)21-10-4-7-13-24(21)31-19-18-30-20-8-2-1-3-9-20/h1-13H,14-19H2. The van der Waals surface area contributed by atoms with Gasteiger partial charge in [-0.2, -0.15) is 0 Å². The first-order valence-electron chi connectivity index (χ1n) is 10.4. The summed E-state index contributed by atoms with van der Waals surface area (Å²) >= 11 is 6.32. The molecule has 1 aliphatic heterocycles. The van der Waals surface area contributed by atoms with Gasteiger partial charge < -0.3 is 19.3 Å². The molecule has 1 aliphatic rings. The molecule has 1 fully saturated rings. The van der Waals surface area contributed by atoms with Crippen LogP contribution in [0.15, 0.2) is 78.9 Å². The summed E-state index contributed by atoms with van der Waals surface area (Å²) in [7, 11) is 0. The van der Waals surface area contributed by atoms with Gasteiger partial charge in [-0.25, -0.2) is 0 Å². The van der Waals surface area contributed by atoms with E-state index < -0.39 is 0 Å². The molecule has 6 heteroatoms. The number of hydrogen-bond donors (Lipinski definition) is 0. The molecule has 0 unspecified atom stereocenters. The van der Waals surface area contributed by atoms with Crippen molar-refractivity contribution in [3.63, 3.8) is 0 Å². The molecule has 3 aromatic carbocycles. The summed E-state index contributed by atoms with van der Waals surface area (Å²) in [6, 6.07) is 24.8. The number of benzene rings is 3. The molecule has 1 heterocycles. The van der Waals surface area contributed by atoms with Crippen molar-refractivity contribution in [3.8, 4) is 11.5 Å². The number of amides is 1. The lowest BCUT2D eigenvalue weighted by Crippen LogP contribution is -2.49. The van der Waals surface area contributed by atoms with Crippen molar-refractivity contribution in [1.29, 1.82) is 0 Å². The second-order valence-corrected chi connectivity index (χ2v) is 7.64. The quantitative estimate of drug-likeness (QED) is 0.501. The van der Waals surface area contributed by atoms with Crippen LogP contribution in [-0.4, -0.2) is 50.2 Å². The Morgan fingerprint density at radius 3 is 2.19 bits per heavy atom. The average molecular weight is 437 g/mol. The lowest BCUT2D eigenvalue weighted by atomic mass is 10.1. The van der Waals surface area contributed by atoms with Gasteiger partial charge in [0.15, 0.2) is 0 Å². The highest BCUT2D eigenvalue weighted by molar-refractivity contribution is 6.33. The fourth-order valence-electron chi connectivity index (χ4n) is 3.63. The third kappa shape index (κ3) is 5.30. The number of carbonyl (C=O) groups excluding carboxylic acids is 1. The minimum atomic E-state index is -0.0154. The zero-order valence-electron chi connectivity index (χ0n) is 17.2. The molecule has 31 heavy (non-hydrogen) atoms. The summed E-state index contributed by atoms with van der Waals surface area (Å²) in [5.41, 5.74) is 1.59. The Bertz CT molecular complexity index is 1000. The summed E-state index contributed by atoms with van der Waals surface area (Å²) in [5, 5.41) is 0.735. The van der Waals surface area contributed by atoms with Crippen molar-refractivity contribution in [1.82, 2.24) is 4.90 Å². The molecule has 1 saturated heterocycles. The van der Waals surface area contributed by atoms with Crippen LogP contribution in [0.1, 0.15) is 10.4 Å². The molecule has 3 aromatic rings. The SMILES string of the molecule is O=C(c1ccccc1OCCOc1ccccc1)N1CCN(c2ccccc2Cl)CC1. The zero-order valence-corrected chi connectivity index (χ0v) is 18.0. The molecule has 0 N–H and O–H groups in total. The van der Waals surface area contributed by atoms with Crippen LogP contribution in [0.25, 0.3) is 0 Å². The van der Waals surface area contributed by atoms with E-state index in [0.29, 0.717) is 37.6 Å². The highest BCUT2D eigenvalue weighted by Crippen LogP contribution is 2.27. The predicted octanol–water partition coefficient (Wildman–Crippen LogP) is 4.76. The van der Waals surface area contributed by atoms with Crippen molar-refractivity contribution in [2.24, 2.45) is 0 Å². The number of rotatable bonds is 7. The fraction of sp³-hybridized carbons (Fsp3) is 0.240. The van der Waals surface area contributed by atoms with Gasteiger partial charge in [0.1, 0.15) is 24.7 Å². The largest absolute Gasteiger partial charge is 0.490 e. The van der Waals surface area contributed by atoms with Gasteiger partial charge >= 0.3 is 0 Å². The maximum atomic E-state index is 13.2. The lowest BCUT2D eigenvalue weighted by Gasteiger charge is -2.36. The first-order chi connectivity index (χ1) is 15.2. The third-order valence-corrected chi connectivity index (χ3v) is 5.55. The number of piperazine rings is 1. The molecule has 0 atom stereocenters. The molecule has 0 bridgehead atoms. The van der Waals surface area contributed by atoms with Crippen molar-refractivity contribution in [3.05, 3.63) is 89.4 Å².